The van der Waals surface area contributed by atoms with Crippen molar-refractivity contribution < 1.29 is 10.2 Å². The first kappa shape index (κ1) is 10.6. The van der Waals surface area contributed by atoms with Crippen LogP contribution in [0.15, 0.2) is 36.4 Å². The van der Waals surface area contributed by atoms with E-state index in [2.05, 4.69) is 18.2 Å². The van der Waals surface area contributed by atoms with Crippen molar-refractivity contribution in [3.63, 3.8) is 0 Å². The third kappa shape index (κ3) is 1.51. The van der Waals surface area contributed by atoms with Gasteiger partial charge in [0.15, 0.2) is 0 Å². The van der Waals surface area contributed by atoms with Gasteiger partial charge in [0.2, 0.25) is 0 Å². The van der Waals surface area contributed by atoms with Gasteiger partial charge < -0.3 is 15.1 Å². The van der Waals surface area contributed by atoms with E-state index in [0.717, 1.165) is 12.1 Å². The molecule has 0 saturated carbocycles. The molecule has 0 amide bonds. The Balaban J connectivity index is 2.28. The summed E-state index contributed by atoms with van der Waals surface area (Å²) in [4.78, 5) is 1.87. The van der Waals surface area contributed by atoms with Gasteiger partial charge in [0, 0.05) is 11.1 Å². The first-order valence-corrected chi connectivity index (χ1v) is 5.84. The second kappa shape index (κ2) is 4.02. The van der Waals surface area contributed by atoms with E-state index in [-0.39, 0.29) is 19.4 Å². The van der Waals surface area contributed by atoms with Gasteiger partial charge in [-0.3, -0.25) is 0 Å². The molecule has 0 aliphatic carbocycles. The highest BCUT2D eigenvalue weighted by atomic mass is 16.3. The van der Waals surface area contributed by atoms with E-state index in [1.165, 1.54) is 16.3 Å². The highest BCUT2D eigenvalue weighted by molar-refractivity contribution is 5.98. The van der Waals surface area contributed by atoms with E-state index in [9.17, 15) is 10.2 Å². The number of hydrogen-bond donors (Lipinski definition) is 2. The van der Waals surface area contributed by atoms with E-state index in [1.807, 2.05) is 23.1 Å². The van der Waals surface area contributed by atoms with Gasteiger partial charge in [-0.15, -0.1) is 0 Å². The zero-order chi connectivity index (χ0) is 11.8. The lowest BCUT2D eigenvalue weighted by molar-refractivity contribution is 0.218. The molecule has 1 atom stereocenters. The van der Waals surface area contributed by atoms with E-state index >= 15 is 0 Å². The summed E-state index contributed by atoms with van der Waals surface area (Å²) >= 11 is 0. The summed E-state index contributed by atoms with van der Waals surface area (Å²) < 4.78 is 0. The second-order valence-corrected chi connectivity index (χ2v) is 4.44. The summed E-state index contributed by atoms with van der Waals surface area (Å²) in [5.74, 6) is 0. The van der Waals surface area contributed by atoms with E-state index in [1.54, 1.807) is 0 Å². The van der Waals surface area contributed by atoms with E-state index in [4.69, 9.17) is 0 Å². The third-order valence-corrected chi connectivity index (χ3v) is 3.54. The first-order valence-electron chi connectivity index (χ1n) is 5.84. The Hall–Kier alpha value is -1.58. The molecule has 3 nitrogen and oxygen atoms in total. The van der Waals surface area contributed by atoms with Crippen LogP contribution in [0.2, 0.25) is 0 Å². The summed E-state index contributed by atoms with van der Waals surface area (Å²) in [6.07, 6.45) is 0.783. The number of anilines is 1. The molecule has 0 aromatic heterocycles. The molecule has 1 aliphatic heterocycles. The summed E-state index contributed by atoms with van der Waals surface area (Å²) in [5, 5.41) is 21.3. The Labute approximate surface area is 99.9 Å². The average Bonchev–Trinajstić information content (AvgIpc) is 2.39. The van der Waals surface area contributed by atoms with Crippen LogP contribution in [-0.4, -0.2) is 29.6 Å². The second-order valence-electron chi connectivity index (χ2n) is 4.44. The van der Waals surface area contributed by atoms with Crippen LogP contribution in [-0.2, 0) is 6.42 Å². The van der Waals surface area contributed by atoms with Gasteiger partial charge in [-0.05, 0) is 23.4 Å². The van der Waals surface area contributed by atoms with Gasteiger partial charge in [0.05, 0.1) is 12.6 Å². The fourth-order valence-corrected chi connectivity index (χ4v) is 2.72. The fourth-order valence-electron chi connectivity index (χ4n) is 2.72. The molecule has 1 unspecified atom stereocenters. The quantitative estimate of drug-likeness (QED) is 0.820. The molecule has 17 heavy (non-hydrogen) atoms. The van der Waals surface area contributed by atoms with Crippen molar-refractivity contribution in [2.24, 2.45) is 0 Å². The molecule has 0 fully saturated rings. The molecule has 1 aliphatic rings. The lowest BCUT2D eigenvalue weighted by Gasteiger charge is -2.36. The highest BCUT2D eigenvalue weighted by Crippen LogP contribution is 2.35. The molecular weight excluding hydrogens is 214 g/mol. The largest absolute Gasteiger partial charge is 0.394 e. The van der Waals surface area contributed by atoms with Crippen LogP contribution in [0.4, 0.5) is 5.69 Å². The number of aliphatic hydroxyl groups is 2. The summed E-state index contributed by atoms with van der Waals surface area (Å²) in [6.45, 7) is 0.00392. The average molecular weight is 229 g/mol. The Bertz CT molecular complexity index is 548. The number of benzene rings is 2. The number of aliphatic hydroxyl groups excluding tert-OH is 2. The van der Waals surface area contributed by atoms with Crippen LogP contribution in [0.1, 0.15) is 5.56 Å². The maximum absolute atomic E-state index is 9.48. The van der Waals surface area contributed by atoms with Crippen molar-refractivity contribution >= 4 is 16.5 Å². The first-order chi connectivity index (χ1) is 8.35. The van der Waals surface area contributed by atoms with Crippen molar-refractivity contribution in [2.75, 3.05) is 18.2 Å². The SMILES string of the molecule is OCC1Cc2cccc3cccc(c23)N1CO. The molecule has 2 N–H and O–H groups in total. The highest BCUT2D eigenvalue weighted by Gasteiger charge is 2.25. The van der Waals surface area contributed by atoms with Crippen molar-refractivity contribution in [1.29, 1.82) is 0 Å². The van der Waals surface area contributed by atoms with Gasteiger partial charge >= 0.3 is 0 Å². The van der Waals surface area contributed by atoms with Crippen molar-refractivity contribution in [1.82, 2.24) is 0 Å². The molecule has 1 heterocycles. The van der Waals surface area contributed by atoms with E-state index < -0.39 is 0 Å². The van der Waals surface area contributed by atoms with Crippen LogP contribution < -0.4 is 4.90 Å². The maximum atomic E-state index is 9.48. The molecule has 0 spiro atoms. The molecule has 0 radical (unpaired) electrons. The third-order valence-electron chi connectivity index (χ3n) is 3.54. The predicted molar refractivity (Wildman–Crippen MR) is 68.1 cm³/mol. The van der Waals surface area contributed by atoms with Gasteiger partial charge in [0.25, 0.3) is 0 Å². The van der Waals surface area contributed by atoms with E-state index in [0.29, 0.717) is 0 Å². The molecule has 3 rings (SSSR count). The zero-order valence-corrected chi connectivity index (χ0v) is 9.50. The molecule has 0 bridgehead atoms. The van der Waals surface area contributed by atoms with Crippen molar-refractivity contribution in [2.45, 2.75) is 12.5 Å². The van der Waals surface area contributed by atoms with Crippen molar-refractivity contribution in [3.8, 4) is 0 Å². The summed E-state index contributed by atoms with van der Waals surface area (Å²) in [5.41, 5.74) is 2.27. The minimum absolute atomic E-state index is 0.0273. The molecule has 3 heteroatoms. The molecular formula is C14H15NO2. The number of nitrogens with zero attached hydrogens (tertiary/aromatic N) is 1. The van der Waals surface area contributed by atoms with Crippen molar-refractivity contribution in [3.05, 3.63) is 42.0 Å². The monoisotopic (exact) mass is 229 g/mol. The molecule has 2 aromatic rings. The van der Waals surface area contributed by atoms with Crippen LogP contribution in [0.25, 0.3) is 10.8 Å². The Morgan fingerprint density at radius 3 is 2.59 bits per heavy atom. The number of rotatable bonds is 2. The minimum Gasteiger partial charge on any atom is -0.394 e. The summed E-state index contributed by atoms with van der Waals surface area (Å²) in [6, 6.07) is 12.3. The van der Waals surface area contributed by atoms with Gasteiger partial charge in [-0.1, -0.05) is 30.3 Å². The molecule has 88 valence electrons. The lowest BCUT2D eigenvalue weighted by atomic mass is 9.92. The van der Waals surface area contributed by atoms with Gasteiger partial charge in [0.1, 0.15) is 6.73 Å². The maximum Gasteiger partial charge on any atom is 0.116 e. The fraction of sp³-hybridized carbons (Fsp3) is 0.286. The predicted octanol–water partition coefficient (Wildman–Crippen LogP) is 1.51. The lowest BCUT2D eigenvalue weighted by Crippen LogP contribution is -2.42. The normalized spacial score (nSPS) is 18.7. The Morgan fingerprint density at radius 1 is 1.12 bits per heavy atom. The van der Waals surface area contributed by atoms with Gasteiger partial charge in [-0.25, -0.2) is 0 Å². The van der Waals surface area contributed by atoms with Crippen LogP contribution in [0.5, 0.6) is 0 Å². The summed E-state index contributed by atoms with van der Waals surface area (Å²) in [7, 11) is 0. The van der Waals surface area contributed by atoms with Gasteiger partial charge in [-0.2, -0.15) is 0 Å². The Kier molecular flexibility index (Phi) is 2.50. The molecule has 2 aromatic carbocycles. The minimum atomic E-state index is -0.0569. The molecule has 0 saturated heterocycles. The standard InChI is InChI=1S/C14H15NO2/c16-8-12-7-11-5-1-3-10-4-2-6-13(14(10)11)15(12)9-17/h1-6,12,16-17H,7-9H2. The van der Waals surface area contributed by atoms with Crippen LogP contribution in [0.3, 0.4) is 0 Å². The Morgan fingerprint density at radius 2 is 1.88 bits per heavy atom. The van der Waals surface area contributed by atoms with Crippen LogP contribution in [0, 0.1) is 0 Å². The number of hydrogen-bond acceptors (Lipinski definition) is 3. The topological polar surface area (TPSA) is 43.7 Å². The zero-order valence-electron chi connectivity index (χ0n) is 9.50. The van der Waals surface area contributed by atoms with Crippen LogP contribution >= 0.6 is 0 Å². The smallest absolute Gasteiger partial charge is 0.116 e.